The van der Waals surface area contributed by atoms with Crippen LogP contribution in [0.4, 0.5) is 0 Å². The van der Waals surface area contributed by atoms with Gasteiger partial charge in [0.25, 0.3) is 0 Å². The van der Waals surface area contributed by atoms with Gasteiger partial charge in [-0.05, 0) is 74.9 Å². The fourth-order valence-corrected chi connectivity index (χ4v) is 22.9. The minimum atomic E-state index is -3.65. The molecular formula is C75H60GeN4. The van der Waals surface area contributed by atoms with Crippen molar-refractivity contribution in [3.05, 3.63) is 288 Å². The zero-order valence-electron chi connectivity index (χ0n) is 46.0. The van der Waals surface area contributed by atoms with Gasteiger partial charge >= 0.3 is 353 Å². The summed E-state index contributed by atoms with van der Waals surface area (Å²) >= 11 is -3.65. The van der Waals surface area contributed by atoms with E-state index in [4.69, 9.17) is 15.0 Å². The third-order valence-corrected chi connectivity index (χ3v) is 26.1. The SMILES string of the molecule is Cc1cc(C)c(-c2ccc3c(c2)c2cc(-c4c(C)cc(C)cc4C)ccc2n3-c2ccc(-c3ccc[c]([Ge]([c]4ccccc4)([c]4ccccc4)[c]4ccccc4)c3)cc2-c2nc(-c3ccccc3)nc(-c3ccccc3)n2)c(C)c1. The van der Waals surface area contributed by atoms with Crippen molar-refractivity contribution in [1.82, 2.24) is 19.5 Å². The second-order valence-electron chi connectivity index (χ2n) is 21.5. The van der Waals surface area contributed by atoms with Crippen LogP contribution in [-0.2, 0) is 0 Å². The number of hydrogen-bond donors (Lipinski definition) is 0. The molecule has 0 aliphatic rings. The topological polar surface area (TPSA) is 43.6 Å². The Bertz CT molecular complexity index is 4140. The zero-order valence-corrected chi connectivity index (χ0v) is 48.1. The van der Waals surface area contributed by atoms with Gasteiger partial charge in [0.2, 0.25) is 0 Å². The maximum Gasteiger partial charge on any atom is -0.0391 e. The van der Waals surface area contributed by atoms with Crippen LogP contribution in [0.15, 0.2) is 255 Å². The molecule has 0 fully saturated rings. The summed E-state index contributed by atoms with van der Waals surface area (Å²) in [6.45, 7) is 13.3. The van der Waals surface area contributed by atoms with Crippen LogP contribution in [0.25, 0.3) is 95.0 Å². The van der Waals surface area contributed by atoms with E-state index < -0.39 is 13.3 Å². The second-order valence-corrected chi connectivity index (χ2v) is 29.5. The molecule has 0 aliphatic heterocycles. The molecular weight excluding hydrogens is 1030 g/mol. The van der Waals surface area contributed by atoms with Crippen LogP contribution in [-0.4, -0.2) is 32.8 Å². The fourth-order valence-electron chi connectivity index (χ4n) is 12.9. The van der Waals surface area contributed by atoms with Crippen molar-refractivity contribution in [2.45, 2.75) is 41.5 Å². The maximum atomic E-state index is 5.47. The molecule has 80 heavy (non-hydrogen) atoms. The minimum absolute atomic E-state index is 0.593. The summed E-state index contributed by atoms with van der Waals surface area (Å²) in [6, 6.07) is 93.9. The minimum Gasteiger partial charge on any atom is -0.0557 e. The monoisotopic (exact) mass is 1090 g/mol. The summed E-state index contributed by atoms with van der Waals surface area (Å²) in [5, 5.41) is 2.36. The molecule has 0 atom stereocenters. The largest absolute Gasteiger partial charge is 0.0557 e. The van der Waals surface area contributed by atoms with Crippen LogP contribution in [0.2, 0.25) is 0 Å². The van der Waals surface area contributed by atoms with Crippen LogP contribution in [0.1, 0.15) is 33.4 Å². The van der Waals surface area contributed by atoms with Crippen LogP contribution in [0.3, 0.4) is 0 Å². The molecule has 11 aromatic carbocycles. The maximum absolute atomic E-state index is 5.47. The van der Waals surface area contributed by atoms with Crippen molar-refractivity contribution in [3.63, 3.8) is 0 Å². The van der Waals surface area contributed by atoms with E-state index in [2.05, 4.69) is 264 Å². The van der Waals surface area contributed by atoms with E-state index in [1.54, 1.807) is 0 Å². The quantitative estimate of drug-likeness (QED) is 0.121. The molecule has 0 spiro atoms. The normalized spacial score (nSPS) is 11.6. The van der Waals surface area contributed by atoms with Crippen molar-refractivity contribution >= 4 is 52.7 Å². The Hall–Kier alpha value is -9.23. The Morgan fingerprint density at radius 2 is 0.650 bits per heavy atom. The molecule has 0 saturated heterocycles. The van der Waals surface area contributed by atoms with E-state index in [1.165, 1.54) is 84.0 Å². The third kappa shape index (κ3) is 8.96. The van der Waals surface area contributed by atoms with Gasteiger partial charge in [0, 0.05) is 0 Å². The second kappa shape index (κ2) is 20.9. The molecule has 0 amide bonds. The molecule has 2 heterocycles. The van der Waals surface area contributed by atoms with E-state index in [1.807, 2.05) is 36.4 Å². The van der Waals surface area contributed by atoms with Gasteiger partial charge in [-0.2, -0.15) is 0 Å². The Morgan fingerprint density at radius 1 is 0.287 bits per heavy atom. The average molecular weight is 1090 g/mol. The Morgan fingerprint density at radius 3 is 1.09 bits per heavy atom. The summed E-state index contributed by atoms with van der Waals surface area (Å²) in [7, 11) is 0. The first-order valence-corrected chi connectivity index (χ1v) is 31.9. The molecule has 0 saturated carbocycles. The van der Waals surface area contributed by atoms with Crippen molar-refractivity contribution in [2.75, 3.05) is 0 Å². The van der Waals surface area contributed by atoms with Crippen LogP contribution in [0, 0.1) is 41.5 Å². The molecule has 0 N–H and O–H groups in total. The standard InChI is InChI=1S/C75H60GeN4/c1-49-41-51(3)71(52(4)42-49)59-36-39-68-65(47-59)66-48-60(72-53(5)43-50(2)44-54(72)6)37-40-69(66)80(68)70-38-35-58(46-67(70)75-78-73(55-23-12-7-13-24-55)77-74(79-75)56-25-14-8-15-26-56)57-27-22-34-64(45-57)76(61-28-16-9-17-29-61,62-30-18-10-19-31-62)63-32-20-11-21-33-63/h7-48H,1-6H3. The van der Waals surface area contributed by atoms with E-state index in [9.17, 15) is 0 Å². The third-order valence-electron chi connectivity index (χ3n) is 16.1. The summed E-state index contributed by atoms with van der Waals surface area (Å²) in [5.74, 6) is 1.82. The van der Waals surface area contributed by atoms with Gasteiger partial charge in [0.05, 0.1) is 0 Å². The number of hydrogen-bond acceptors (Lipinski definition) is 3. The predicted molar refractivity (Wildman–Crippen MR) is 339 cm³/mol. The molecule has 384 valence electrons. The van der Waals surface area contributed by atoms with E-state index >= 15 is 0 Å². The first-order chi connectivity index (χ1) is 39.1. The number of aryl methyl sites for hydroxylation is 6. The Balaban J connectivity index is 1.10. The van der Waals surface area contributed by atoms with Gasteiger partial charge in [-0.15, -0.1) is 0 Å². The van der Waals surface area contributed by atoms with Gasteiger partial charge in [-0.1, -0.05) is 47.5 Å². The smallest absolute Gasteiger partial charge is 0.0391 e. The molecule has 0 aliphatic carbocycles. The molecule has 5 heteroatoms. The number of aromatic nitrogens is 4. The fraction of sp³-hybridized carbons (Fsp3) is 0.0800. The number of benzene rings is 11. The molecule has 13 aromatic rings. The molecule has 13 rings (SSSR count). The van der Waals surface area contributed by atoms with Gasteiger partial charge in [-0.25, -0.2) is 0 Å². The van der Waals surface area contributed by atoms with Crippen molar-refractivity contribution in [3.8, 4) is 73.2 Å². The van der Waals surface area contributed by atoms with E-state index in [0.717, 1.165) is 44.5 Å². The van der Waals surface area contributed by atoms with E-state index in [0.29, 0.717) is 17.5 Å². The number of rotatable bonds is 11. The van der Waals surface area contributed by atoms with Crippen LogP contribution in [0.5, 0.6) is 0 Å². The van der Waals surface area contributed by atoms with Crippen molar-refractivity contribution in [2.24, 2.45) is 0 Å². The summed E-state index contributed by atoms with van der Waals surface area (Å²) in [4.78, 5) is 16.1. The van der Waals surface area contributed by atoms with Gasteiger partial charge < -0.3 is 0 Å². The Kier molecular flexibility index (Phi) is 13.1. The van der Waals surface area contributed by atoms with E-state index in [-0.39, 0.29) is 0 Å². The van der Waals surface area contributed by atoms with Crippen LogP contribution < -0.4 is 17.6 Å². The Labute approximate surface area is 472 Å². The number of fused-ring (bicyclic) bond motifs is 3. The van der Waals surface area contributed by atoms with Crippen molar-refractivity contribution < 1.29 is 0 Å². The molecule has 0 bridgehead atoms. The number of nitrogens with zero attached hydrogens (tertiary/aromatic N) is 4. The summed E-state index contributed by atoms with van der Waals surface area (Å²) in [5.41, 5.74) is 20.7. The summed E-state index contributed by atoms with van der Waals surface area (Å²) in [6.07, 6.45) is 0. The van der Waals surface area contributed by atoms with Crippen LogP contribution >= 0.6 is 0 Å². The van der Waals surface area contributed by atoms with Gasteiger partial charge in [0.15, 0.2) is 0 Å². The average Bonchev–Trinajstić information content (AvgIpc) is 3.99. The first-order valence-electron chi connectivity index (χ1n) is 27.7. The van der Waals surface area contributed by atoms with Crippen molar-refractivity contribution in [1.29, 1.82) is 0 Å². The molecule has 4 nitrogen and oxygen atoms in total. The molecule has 0 unspecified atom stereocenters. The molecule has 2 aromatic heterocycles. The summed E-state index contributed by atoms with van der Waals surface area (Å²) < 4.78 is 7.93. The van der Waals surface area contributed by atoms with Gasteiger partial charge in [-0.3, -0.25) is 0 Å². The first kappa shape index (κ1) is 50.3. The molecule has 0 radical (unpaired) electrons. The predicted octanol–water partition coefficient (Wildman–Crippen LogP) is 16.2. The van der Waals surface area contributed by atoms with Gasteiger partial charge in [0.1, 0.15) is 0 Å². The zero-order chi connectivity index (χ0) is 54.5.